The minimum atomic E-state index is -0.528. The van der Waals surface area contributed by atoms with E-state index in [4.69, 9.17) is 4.42 Å². The number of nitrogens with zero attached hydrogens (tertiary/aromatic N) is 2. The van der Waals surface area contributed by atoms with Crippen molar-refractivity contribution in [2.75, 3.05) is 5.32 Å². The predicted octanol–water partition coefficient (Wildman–Crippen LogP) is 5.33. The number of aryl methyl sites for hydroxylation is 3. The summed E-state index contributed by atoms with van der Waals surface area (Å²) in [6.45, 7) is 5.51. The first kappa shape index (κ1) is 20.6. The molecular weight excluding hydrogens is 382 g/mol. The third-order valence-electron chi connectivity index (χ3n) is 4.68. The van der Waals surface area contributed by atoms with Gasteiger partial charge in [0.15, 0.2) is 0 Å². The summed E-state index contributed by atoms with van der Waals surface area (Å²) in [5.41, 5.74) is 3.74. The molecule has 0 saturated heterocycles. The summed E-state index contributed by atoms with van der Waals surface area (Å²) in [5.74, 6) is 0.288. The van der Waals surface area contributed by atoms with Crippen LogP contribution in [0.1, 0.15) is 22.5 Å². The van der Waals surface area contributed by atoms with Crippen molar-refractivity contribution in [3.63, 3.8) is 0 Å². The van der Waals surface area contributed by atoms with Gasteiger partial charge < -0.3 is 9.73 Å². The van der Waals surface area contributed by atoms with Gasteiger partial charge >= 0.3 is 0 Å². The molecule has 3 rings (SSSR count). The van der Waals surface area contributed by atoms with E-state index >= 15 is 0 Å². The van der Waals surface area contributed by atoms with Crippen LogP contribution in [0, 0.1) is 42.2 Å². The van der Waals surface area contributed by atoms with Crippen LogP contribution < -0.4 is 5.32 Å². The first-order chi connectivity index (χ1) is 14.3. The number of hydrogen-bond donors (Lipinski definition) is 1. The number of rotatable bonds is 5. The summed E-state index contributed by atoms with van der Waals surface area (Å²) >= 11 is 0. The van der Waals surface area contributed by atoms with E-state index in [1.165, 1.54) is 18.2 Å². The molecule has 7 heteroatoms. The number of carbonyl (C=O) groups is 1. The third-order valence-corrected chi connectivity index (χ3v) is 4.68. The van der Waals surface area contributed by atoms with E-state index in [1.54, 1.807) is 25.1 Å². The van der Waals surface area contributed by atoms with Gasteiger partial charge in [-0.05, 0) is 55.7 Å². The van der Waals surface area contributed by atoms with Gasteiger partial charge in [0.25, 0.3) is 11.6 Å². The molecule has 0 aliphatic rings. The van der Waals surface area contributed by atoms with Gasteiger partial charge in [0, 0.05) is 29.5 Å². The zero-order valence-electron chi connectivity index (χ0n) is 16.7. The van der Waals surface area contributed by atoms with E-state index in [2.05, 4.69) is 5.32 Å². The molecule has 1 N–H and O–H groups in total. The van der Waals surface area contributed by atoms with Crippen molar-refractivity contribution < 1.29 is 14.1 Å². The maximum Gasteiger partial charge on any atom is 0.269 e. The molecule has 0 bridgehead atoms. The van der Waals surface area contributed by atoms with E-state index in [9.17, 15) is 20.2 Å². The number of nitro benzene ring substituents is 1. The van der Waals surface area contributed by atoms with E-state index < -0.39 is 10.8 Å². The Balaban J connectivity index is 1.86. The first-order valence-corrected chi connectivity index (χ1v) is 9.14. The van der Waals surface area contributed by atoms with Gasteiger partial charge in [-0.1, -0.05) is 18.2 Å². The topological polar surface area (TPSA) is 109 Å². The number of carbonyl (C=O) groups excluding carboxylic acids is 1. The fourth-order valence-electron chi connectivity index (χ4n) is 3.10. The summed E-state index contributed by atoms with van der Waals surface area (Å²) in [7, 11) is 0. The number of nitro groups is 1. The number of anilines is 1. The second kappa shape index (κ2) is 8.45. The lowest BCUT2D eigenvalue weighted by Crippen LogP contribution is -2.15. The normalized spacial score (nSPS) is 11.1. The molecule has 0 saturated carbocycles. The van der Waals surface area contributed by atoms with Crippen LogP contribution in [0.3, 0.4) is 0 Å². The second-order valence-electron chi connectivity index (χ2n) is 6.85. The molecule has 7 nitrogen and oxygen atoms in total. The van der Waals surface area contributed by atoms with Gasteiger partial charge in [-0.25, -0.2) is 0 Å². The summed E-state index contributed by atoms with van der Waals surface area (Å²) in [5, 5.41) is 23.1. The SMILES string of the molecule is Cc1cc([N+](=O)[O-])ccc1-c1ccc(/C=C(\C#N)C(=O)Nc2c(C)cccc2C)o1. The van der Waals surface area contributed by atoms with E-state index in [0.29, 0.717) is 28.3 Å². The predicted molar refractivity (Wildman–Crippen MR) is 114 cm³/mol. The van der Waals surface area contributed by atoms with Crippen molar-refractivity contribution in [1.82, 2.24) is 0 Å². The summed E-state index contributed by atoms with van der Waals surface area (Å²) < 4.78 is 5.75. The molecule has 0 unspecified atom stereocenters. The Morgan fingerprint density at radius 1 is 1.10 bits per heavy atom. The van der Waals surface area contributed by atoms with Crippen LogP contribution in [-0.4, -0.2) is 10.8 Å². The minimum Gasteiger partial charge on any atom is -0.457 e. The highest BCUT2D eigenvalue weighted by Gasteiger charge is 2.15. The van der Waals surface area contributed by atoms with Crippen molar-refractivity contribution >= 4 is 23.4 Å². The molecule has 2 aromatic carbocycles. The van der Waals surface area contributed by atoms with Crippen LogP contribution in [0.15, 0.2) is 58.5 Å². The number of amides is 1. The maximum absolute atomic E-state index is 12.6. The Morgan fingerprint density at radius 3 is 2.40 bits per heavy atom. The Hall–Kier alpha value is -4.18. The Labute approximate surface area is 173 Å². The summed E-state index contributed by atoms with van der Waals surface area (Å²) in [6.07, 6.45) is 1.37. The zero-order valence-corrected chi connectivity index (χ0v) is 16.7. The smallest absolute Gasteiger partial charge is 0.269 e. The fourth-order valence-corrected chi connectivity index (χ4v) is 3.10. The van der Waals surface area contributed by atoms with Crippen molar-refractivity contribution in [2.45, 2.75) is 20.8 Å². The van der Waals surface area contributed by atoms with Crippen LogP contribution in [-0.2, 0) is 4.79 Å². The molecule has 150 valence electrons. The largest absolute Gasteiger partial charge is 0.457 e. The number of non-ortho nitro benzene ring substituents is 1. The summed E-state index contributed by atoms with van der Waals surface area (Å²) in [4.78, 5) is 23.0. The average Bonchev–Trinajstić information content (AvgIpc) is 3.17. The molecule has 0 spiro atoms. The number of nitrogens with one attached hydrogen (secondary N) is 1. The Bertz CT molecular complexity index is 1200. The molecule has 30 heavy (non-hydrogen) atoms. The number of para-hydroxylation sites is 1. The van der Waals surface area contributed by atoms with Crippen LogP contribution in [0.5, 0.6) is 0 Å². The van der Waals surface area contributed by atoms with E-state index in [0.717, 1.165) is 11.1 Å². The molecule has 0 atom stereocenters. The molecule has 1 amide bonds. The molecule has 1 aromatic heterocycles. The molecule has 1 heterocycles. The molecule has 0 aliphatic carbocycles. The highest BCUT2D eigenvalue weighted by Crippen LogP contribution is 2.29. The molecule has 0 fully saturated rings. The quantitative estimate of drug-likeness (QED) is 0.269. The Morgan fingerprint density at radius 2 is 1.80 bits per heavy atom. The minimum absolute atomic E-state index is 0.00198. The molecular formula is C23H19N3O4. The van der Waals surface area contributed by atoms with Gasteiger partial charge in [0.05, 0.1) is 4.92 Å². The van der Waals surface area contributed by atoms with E-state index in [-0.39, 0.29) is 11.3 Å². The van der Waals surface area contributed by atoms with Crippen LogP contribution in [0.4, 0.5) is 11.4 Å². The maximum atomic E-state index is 12.6. The standard InChI is InChI=1S/C23H19N3O4/c1-14-5-4-6-15(2)22(14)25-23(27)17(13-24)12-19-8-10-21(30-19)20-9-7-18(26(28)29)11-16(20)3/h4-12H,1-3H3,(H,25,27)/b17-12+. The number of furan rings is 1. The number of nitriles is 1. The van der Waals surface area contributed by atoms with Gasteiger partial charge in [-0.3, -0.25) is 14.9 Å². The molecule has 0 radical (unpaired) electrons. The van der Waals surface area contributed by atoms with E-state index in [1.807, 2.05) is 38.1 Å². The van der Waals surface area contributed by atoms with Gasteiger partial charge in [0.1, 0.15) is 23.2 Å². The van der Waals surface area contributed by atoms with Crippen molar-refractivity contribution in [2.24, 2.45) is 0 Å². The highest BCUT2D eigenvalue weighted by molar-refractivity contribution is 6.10. The van der Waals surface area contributed by atoms with Crippen LogP contribution in [0.2, 0.25) is 0 Å². The van der Waals surface area contributed by atoms with Gasteiger partial charge in [-0.15, -0.1) is 0 Å². The molecule has 0 aliphatic heterocycles. The van der Waals surface area contributed by atoms with Gasteiger partial charge in [0.2, 0.25) is 0 Å². The Kier molecular flexibility index (Phi) is 5.79. The number of benzene rings is 2. The first-order valence-electron chi connectivity index (χ1n) is 9.14. The third kappa shape index (κ3) is 4.28. The van der Waals surface area contributed by atoms with Gasteiger partial charge in [-0.2, -0.15) is 5.26 Å². The van der Waals surface area contributed by atoms with Crippen LogP contribution in [0.25, 0.3) is 17.4 Å². The lowest BCUT2D eigenvalue weighted by molar-refractivity contribution is -0.384. The lowest BCUT2D eigenvalue weighted by Gasteiger charge is -2.10. The fraction of sp³-hybridized carbons (Fsp3) is 0.130. The van der Waals surface area contributed by atoms with Crippen molar-refractivity contribution in [3.8, 4) is 17.4 Å². The zero-order chi connectivity index (χ0) is 21.8. The molecule has 3 aromatic rings. The van der Waals surface area contributed by atoms with Crippen LogP contribution >= 0.6 is 0 Å². The monoisotopic (exact) mass is 401 g/mol. The highest BCUT2D eigenvalue weighted by atomic mass is 16.6. The van der Waals surface area contributed by atoms with Crippen molar-refractivity contribution in [1.29, 1.82) is 5.26 Å². The average molecular weight is 401 g/mol. The summed E-state index contributed by atoms with van der Waals surface area (Å²) in [6, 6.07) is 15.4. The number of hydrogen-bond acceptors (Lipinski definition) is 5. The second-order valence-corrected chi connectivity index (χ2v) is 6.85. The van der Waals surface area contributed by atoms with Crippen molar-refractivity contribution in [3.05, 3.63) is 86.7 Å². The lowest BCUT2D eigenvalue weighted by atomic mass is 10.1.